The number of ketones is 1. The minimum absolute atomic E-state index is 0.187. The van der Waals surface area contributed by atoms with Crippen molar-refractivity contribution >= 4 is 23.0 Å². The standard InChI is InChI=1S/C19H22N2O2S/c22-18(16-5-2-1-3-6-16)8-9-20-10-12-21(13-11-20)19(23)15-17-7-4-14-24-17/h1-7,14H,8-13,15H2. The van der Waals surface area contributed by atoms with Gasteiger partial charge < -0.3 is 4.90 Å². The topological polar surface area (TPSA) is 40.6 Å². The van der Waals surface area contributed by atoms with Gasteiger partial charge in [0.15, 0.2) is 5.78 Å². The van der Waals surface area contributed by atoms with E-state index in [-0.39, 0.29) is 11.7 Å². The Morgan fingerprint density at radius 3 is 2.38 bits per heavy atom. The molecule has 1 fully saturated rings. The molecule has 0 saturated carbocycles. The molecule has 0 radical (unpaired) electrons. The fourth-order valence-corrected chi connectivity index (χ4v) is 3.62. The van der Waals surface area contributed by atoms with E-state index in [1.54, 1.807) is 11.3 Å². The van der Waals surface area contributed by atoms with E-state index in [0.29, 0.717) is 12.8 Å². The maximum Gasteiger partial charge on any atom is 0.227 e. The molecule has 2 aromatic rings. The molecular weight excluding hydrogens is 320 g/mol. The number of rotatable bonds is 6. The highest BCUT2D eigenvalue weighted by Gasteiger charge is 2.21. The Morgan fingerprint density at radius 1 is 0.958 bits per heavy atom. The van der Waals surface area contributed by atoms with Gasteiger partial charge in [0, 0.05) is 49.6 Å². The van der Waals surface area contributed by atoms with E-state index in [0.717, 1.165) is 43.2 Å². The van der Waals surface area contributed by atoms with Gasteiger partial charge in [-0.3, -0.25) is 14.5 Å². The molecule has 3 rings (SSSR count). The number of piperazine rings is 1. The van der Waals surface area contributed by atoms with Gasteiger partial charge in [0.1, 0.15) is 0 Å². The second-order valence-corrected chi connectivity index (χ2v) is 7.05. The number of hydrogen-bond acceptors (Lipinski definition) is 4. The summed E-state index contributed by atoms with van der Waals surface area (Å²) >= 11 is 1.63. The molecule has 1 saturated heterocycles. The van der Waals surface area contributed by atoms with E-state index >= 15 is 0 Å². The first-order chi connectivity index (χ1) is 11.7. The number of carbonyl (C=O) groups is 2. The molecule has 1 aliphatic rings. The first kappa shape index (κ1) is 16.9. The van der Waals surface area contributed by atoms with Gasteiger partial charge in [-0.2, -0.15) is 0 Å². The first-order valence-corrected chi connectivity index (χ1v) is 9.21. The summed E-state index contributed by atoms with van der Waals surface area (Å²) in [5.41, 5.74) is 0.780. The molecule has 126 valence electrons. The maximum absolute atomic E-state index is 12.3. The van der Waals surface area contributed by atoms with Crippen molar-refractivity contribution in [1.82, 2.24) is 9.80 Å². The largest absolute Gasteiger partial charge is 0.340 e. The van der Waals surface area contributed by atoms with Crippen LogP contribution < -0.4 is 0 Å². The van der Waals surface area contributed by atoms with E-state index in [2.05, 4.69) is 4.90 Å². The summed E-state index contributed by atoms with van der Waals surface area (Å²) in [4.78, 5) is 29.8. The molecule has 1 aromatic carbocycles. The molecule has 0 atom stereocenters. The molecule has 0 N–H and O–H groups in total. The van der Waals surface area contributed by atoms with Crippen LogP contribution in [0, 0.1) is 0 Å². The predicted octanol–water partition coefficient (Wildman–Crippen LogP) is 2.71. The zero-order chi connectivity index (χ0) is 16.8. The summed E-state index contributed by atoms with van der Waals surface area (Å²) in [5, 5.41) is 2.00. The Balaban J connectivity index is 1.40. The minimum atomic E-state index is 0.187. The van der Waals surface area contributed by atoms with Crippen LogP contribution in [-0.4, -0.2) is 54.2 Å². The van der Waals surface area contributed by atoms with E-state index < -0.39 is 0 Å². The van der Waals surface area contributed by atoms with Gasteiger partial charge in [0.05, 0.1) is 6.42 Å². The lowest BCUT2D eigenvalue weighted by Crippen LogP contribution is -2.49. The van der Waals surface area contributed by atoms with Crippen LogP contribution in [0.1, 0.15) is 21.7 Å². The molecule has 2 heterocycles. The van der Waals surface area contributed by atoms with Gasteiger partial charge in [-0.05, 0) is 11.4 Å². The summed E-state index contributed by atoms with van der Waals surface area (Å²) in [6, 6.07) is 13.4. The number of benzene rings is 1. The third kappa shape index (κ3) is 4.52. The fraction of sp³-hybridized carbons (Fsp3) is 0.368. The van der Waals surface area contributed by atoms with Gasteiger partial charge in [-0.15, -0.1) is 11.3 Å². The first-order valence-electron chi connectivity index (χ1n) is 8.33. The molecule has 24 heavy (non-hydrogen) atoms. The number of hydrogen-bond donors (Lipinski definition) is 0. The normalized spacial score (nSPS) is 15.4. The number of carbonyl (C=O) groups excluding carboxylic acids is 2. The van der Waals surface area contributed by atoms with Gasteiger partial charge in [0.2, 0.25) is 5.91 Å². The molecule has 1 amide bonds. The van der Waals surface area contributed by atoms with Crippen LogP contribution in [0.15, 0.2) is 47.8 Å². The Morgan fingerprint density at radius 2 is 1.71 bits per heavy atom. The smallest absolute Gasteiger partial charge is 0.227 e. The number of Topliss-reactive ketones (excluding diaryl/α,β-unsaturated/α-hetero) is 1. The van der Waals surface area contributed by atoms with Crippen molar-refractivity contribution in [2.75, 3.05) is 32.7 Å². The van der Waals surface area contributed by atoms with Gasteiger partial charge in [-0.1, -0.05) is 36.4 Å². The van der Waals surface area contributed by atoms with Crippen LogP contribution >= 0.6 is 11.3 Å². The lowest BCUT2D eigenvalue weighted by Gasteiger charge is -2.34. The second kappa shape index (κ2) is 8.22. The molecule has 0 bridgehead atoms. The molecule has 4 nitrogen and oxygen atoms in total. The van der Waals surface area contributed by atoms with Crippen LogP contribution in [0.2, 0.25) is 0 Å². The molecule has 0 aliphatic carbocycles. The predicted molar refractivity (Wildman–Crippen MR) is 96.4 cm³/mol. The van der Waals surface area contributed by atoms with E-state index in [1.165, 1.54) is 0 Å². The Hall–Kier alpha value is -1.98. The van der Waals surface area contributed by atoms with Crippen molar-refractivity contribution in [1.29, 1.82) is 0 Å². The van der Waals surface area contributed by atoms with Crippen molar-refractivity contribution in [3.8, 4) is 0 Å². The Labute approximate surface area is 146 Å². The van der Waals surface area contributed by atoms with Crippen LogP contribution in [0.25, 0.3) is 0 Å². The van der Waals surface area contributed by atoms with Crippen LogP contribution in [0.5, 0.6) is 0 Å². The highest BCUT2D eigenvalue weighted by atomic mass is 32.1. The molecular formula is C19H22N2O2S. The Bertz CT molecular complexity index is 662. The lowest BCUT2D eigenvalue weighted by molar-refractivity contribution is -0.132. The SMILES string of the molecule is O=C(CCN1CCN(C(=O)Cc2cccs2)CC1)c1ccccc1. The van der Waals surface area contributed by atoms with Gasteiger partial charge >= 0.3 is 0 Å². The number of nitrogens with zero attached hydrogens (tertiary/aromatic N) is 2. The fourth-order valence-electron chi connectivity index (χ4n) is 2.92. The summed E-state index contributed by atoms with van der Waals surface area (Å²) < 4.78 is 0. The van der Waals surface area contributed by atoms with Crippen molar-refractivity contribution < 1.29 is 9.59 Å². The highest BCUT2D eigenvalue weighted by molar-refractivity contribution is 7.10. The molecule has 0 unspecified atom stereocenters. The molecule has 0 spiro atoms. The van der Waals surface area contributed by atoms with Crippen molar-refractivity contribution in [3.63, 3.8) is 0 Å². The lowest BCUT2D eigenvalue weighted by atomic mass is 10.1. The molecule has 1 aromatic heterocycles. The third-order valence-electron chi connectivity index (χ3n) is 4.38. The van der Waals surface area contributed by atoms with E-state index in [4.69, 9.17) is 0 Å². The summed E-state index contributed by atoms with van der Waals surface area (Å²) in [6.45, 7) is 3.96. The minimum Gasteiger partial charge on any atom is -0.340 e. The summed E-state index contributed by atoms with van der Waals surface area (Å²) in [6.07, 6.45) is 1.04. The molecule has 1 aliphatic heterocycles. The third-order valence-corrected chi connectivity index (χ3v) is 5.26. The summed E-state index contributed by atoms with van der Waals surface area (Å²) in [7, 11) is 0. The van der Waals surface area contributed by atoms with Crippen LogP contribution in [0.3, 0.4) is 0 Å². The van der Waals surface area contributed by atoms with Crippen molar-refractivity contribution in [2.45, 2.75) is 12.8 Å². The van der Waals surface area contributed by atoms with Crippen LogP contribution in [-0.2, 0) is 11.2 Å². The van der Waals surface area contributed by atoms with Gasteiger partial charge in [-0.25, -0.2) is 0 Å². The number of amides is 1. The van der Waals surface area contributed by atoms with E-state index in [9.17, 15) is 9.59 Å². The maximum atomic E-state index is 12.3. The second-order valence-electron chi connectivity index (χ2n) is 6.02. The average Bonchev–Trinajstić information content (AvgIpc) is 3.14. The zero-order valence-corrected chi connectivity index (χ0v) is 14.5. The van der Waals surface area contributed by atoms with Crippen LogP contribution in [0.4, 0.5) is 0 Å². The number of thiophene rings is 1. The summed E-state index contributed by atoms with van der Waals surface area (Å²) in [5.74, 6) is 0.393. The molecule has 5 heteroatoms. The quantitative estimate of drug-likeness (QED) is 0.758. The van der Waals surface area contributed by atoms with Crippen molar-refractivity contribution in [3.05, 3.63) is 58.3 Å². The van der Waals surface area contributed by atoms with Crippen molar-refractivity contribution in [2.24, 2.45) is 0 Å². The monoisotopic (exact) mass is 342 g/mol. The van der Waals surface area contributed by atoms with Gasteiger partial charge in [0.25, 0.3) is 0 Å². The average molecular weight is 342 g/mol. The highest BCUT2D eigenvalue weighted by Crippen LogP contribution is 2.12. The van der Waals surface area contributed by atoms with E-state index in [1.807, 2.05) is 52.7 Å². The Kier molecular flexibility index (Phi) is 5.77. The zero-order valence-electron chi connectivity index (χ0n) is 13.7.